The molecule has 0 aliphatic heterocycles. The van der Waals surface area contributed by atoms with Gasteiger partial charge in [0.1, 0.15) is 5.78 Å². The number of carbonyl (C=O) groups is 2. The molecule has 0 aromatic heterocycles. The second-order valence-corrected chi connectivity index (χ2v) is 2.99. The maximum Gasteiger partial charge on any atom is 0.302 e. The van der Waals surface area contributed by atoms with Gasteiger partial charge in [-0.15, -0.1) is 0 Å². The minimum Gasteiger partial charge on any atom is -0.466 e. The average molecular weight is 172 g/mol. The van der Waals surface area contributed by atoms with Gasteiger partial charge < -0.3 is 4.74 Å². The number of hydrogen-bond donors (Lipinski definition) is 0. The van der Waals surface area contributed by atoms with Gasteiger partial charge in [-0.25, -0.2) is 0 Å². The van der Waals surface area contributed by atoms with Gasteiger partial charge in [0.25, 0.3) is 0 Å². The quantitative estimate of drug-likeness (QED) is 0.467. The van der Waals surface area contributed by atoms with E-state index < -0.39 is 0 Å². The Morgan fingerprint density at radius 2 is 1.92 bits per heavy atom. The van der Waals surface area contributed by atoms with Gasteiger partial charge in [-0.1, -0.05) is 6.92 Å². The van der Waals surface area contributed by atoms with Crippen molar-refractivity contribution < 1.29 is 14.3 Å². The number of rotatable bonds is 5. The molecule has 1 atom stereocenters. The molecule has 0 bridgehead atoms. The number of ether oxygens (including phenoxy) is 1. The van der Waals surface area contributed by atoms with E-state index in [4.69, 9.17) is 4.74 Å². The molecule has 0 fully saturated rings. The highest BCUT2D eigenvalue weighted by atomic mass is 16.5. The lowest BCUT2D eigenvalue weighted by molar-refractivity contribution is -0.141. The molecule has 0 aliphatic carbocycles. The SMILES string of the molecule is CC(=O)OCCCC(C)C(C)=O. The van der Waals surface area contributed by atoms with Crippen LogP contribution < -0.4 is 0 Å². The molecule has 0 saturated carbocycles. The summed E-state index contributed by atoms with van der Waals surface area (Å²) in [6.07, 6.45) is 1.56. The summed E-state index contributed by atoms with van der Waals surface area (Å²) in [6.45, 7) is 5.27. The zero-order valence-corrected chi connectivity index (χ0v) is 7.92. The van der Waals surface area contributed by atoms with Crippen molar-refractivity contribution in [2.45, 2.75) is 33.6 Å². The minimum atomic E-state index is -0.259. The van der Waals surface area contributed by atoms with Gasteiger partial charge in [-0.2, -0.15) is 0 Å². The lowest BCUT2D eigenvalue weighted by Gasteiger charge is -2.06. The van der Waals surface area contributed by atoms with Crippen LogP contribution in [0.4, 0.5) is 0 Å². The second kappa shape index (κ2) is 5.75. The van der Waals surface area contributed by atoms with E-state index in [1.165, 1.54) is 6.92 Å². The molecule has 0 N–H and O–H groups in total. The van der Waals surface area contributed by atoms with Crippen molar-refractivity contribution in [2.24, 2.45) is 5.92 Å². The van der Waals surface area contributed by atoms with Crippen molar-refractivity contribution >= 4 is 11.8 Å². The van der Waals surface area contributed by atoms with Crippen LogP contribution >= 0.6 is 0 Å². The Hall–Kier alpha value is -0.860. The van der Waals surface area contributed by atoms with Crippen LogP contribution in [0.3, 0.4) is 0 Å². The summed E-state index contributed by atoms with van der Waals surface area (Å²) in [5.74, 6) is 0.0175. The molecule has 1 unspecified atom stereocenters. The van der Waals surface area contributed by atoms with Crippen LogP contribution in [0.15, 0.2) is 0 Å². The van der Waals surface area contributed by atoms with E-state index in [2.05, 4.69) is 0 Å². The Labute approximate surface area is 73.1 Å². The highest BCUT2D eigenvalue weighted by Crippen LogP contribution is 2.06. The molecule has 3 heteroatoms. The van der Waals surface area contributed by atoms with Gasteiger partial charge >= 0.3 is 5.97 Å². The lowest BCUT2D eigenvalue weighted by atomic mass is 10.0. The third kappa shape index (κ3) is 5.89. The van der Waals surface area contributed by atoms with E-state index in [-0.39, 0.29) is 17.7 Å². The van der Waals surface area contributed by atoms with Crippen LogP contribution in [0.2, 0.25) is 0 Å². The molecular weight excluding hydrogens is 156 g/mol. The minimum absolute atomic E-state index is 0.0839. The average Bonchev–Trinajstić information content (AvgIpc) is 1.97. The highest BCUT2D eigenvalue weighted by Gasteiger charge is 2.06. The first-order valence-electron chi connectivity index (χ1n) is 4.18. The van der Waals surface area contributed by atoms with Crippen molar-refractivity contribution in [3.8, 4) is 0 Å². The molecule has 0 rings (SSSR count). The molecule has 12 heavy (non-hydrogen) atoms. The summed E-state index contributed by atoms with van der Waals surface area (Å²) in [7, 11) is 0. The Morgan fingerprint density at radius 1 is 1.33 bits per heavy atom. The topological polar surface area (TPSA) is 43.4 Å². The van der Waals surface area contributed by atoms with Gasteiger partial charge in [0.15, 0.2) is 0 Å². The maximum absolute atomic E-state index is 10.8. The summed E-state index contributed by atoms with van der Waals surface area (Å²) in [4.78, 5) is 21.1. The molecule has 3 nitrogen and oxygen atoms in total. The summed E-state index contributed by atoms with van der Waals surface area (Å²) in [5.41, 5.74) is 0. The van der Waals surface area contributed by atoms with Crippen LogP contribution in [-0.2, 0) is 14.3 Å². The van der Waals surface area contributed by atoms with E-state index in [1.54, 1.807) is 6.92 Å². The highest BCUT2D eigenvalue weighted by molar-refractivity contribution is 5.77. The fourth-order valence-electron chi connectivity index (χ4n) is 0.809. The molecule has 0 aromatic rings. The molecule has 0 aliphatic rings. The number of esters is 1. The first-order valence-corrected chi connectivity index (χ1v) is 4.18. The molecule has 70 valence electrons. The Kier molecular flexibility index (Phi) is 5.34. The van der Waals surface area contributed by atoms with Gasteiger partial charge in [0, 0.05) is 12.8 Å². The number of Topliss-reactive ketones (excluding diaryl/α,β-unsaturated/α-hetero) is 1. The third-order valence-electron chi connectivity index (χ3n) is 1.78. The monoisotopic (exact) mass is 172 g/mol. The van der Waals surface area contributed by atoms with Crippen molar-refractivity contribution in [1.29, 1.82) is 0 Å². The predicted molar refractivity (Wildman–Crippen MR) is 45.7 cm³/mol. The summed E-state index contributed by atoms with van der Waals surface area (Å²) in [5, 5.41) is 0. The smallest absolute Gasteiger partial charge is 0.302 e. The van der Waals surface area contributed by atoms with Crippen molar-refractivity contribution in [3.05, 3.63) is 0 Å². The van der Waals surface area contributed by atoms with Crippen molar-refractivity contribution in [2.75, 3.05) is 6.61 Å². The number of carbonyl (C=O) groups excluding carboxylic acids is 2. The molecule has 0 radical (unpaired) electrons. The predicted octanol–water partition coefficient (Wildman–Crippen LogP) is 1.55. The zero-order valence-electron chi connectivity index (χ0n) is 7.92. The largest absolute Gasteiger partial charge is 0.466 e. The summed E-state index contributed by atoms with van der Waals surface area (Å²) in [6, 6.07) is 0. The molecule has 0 heterocycles. The maximum atomic E-state index is 10.8. The molecular formula is C9H16O3. The van der Waals surface area contributed by atoms with Gasteiger partial charge in [0.2, 0.25) is 0 Å². The van der Waals surface area contributed by atoms with Crippen molar-refractivity contribution in [1.82, 2.24) is 0 Å². The van der Waals surface area contributed by atoms with Crippen LogP contribution in [0.5, 0.6) is 0 Å². The Bertz CT molecular complexity index is 163. The fraction of sp³-hybridized carbons (Fsp3) is 0.778. The van der Waals surface area contributed by atoms with Gasteiger partial charge in [0.05, 0.1) is 6.61 Å². The summed E-state index contributed by atoms with van der Waals surface area (Å²) >= 11 is 0. The van der Waals surface area contributed by atoms with Crippen molar-refractivity contribution in [3.63, 3.8) is 0 Å². The van der Waals surface area contributed by atoms with E-state index >= 15 is 0 Å². The normalized spacial score (nSPS) is 12.2. The van der Waals surface area contributed by atoms with E-state index in [0.717, 1.165) is 12.8 Å². The standard InChI is InChI=1S/C9H16O3/c1-7(8(2)10)5-4-6-12-9(3)11/h7H,4-6H2,1-3H3. The second-order valence-electron chi connectivity index (χ2n) is 2.99. The number of hydrogen-bond acceptors (Lipinski definition) is 3. The molecule has 0 saturated heterocycles. The number of ketones is 1. The van der Waals surface area contributed by atoms with Crippen LogP contribution in [0.1, 0.15) is 33.6 Å². The van der Waals surface area contributed by atoms with Crippen LogP contribution in [0, 0.1) is 5.92 Å². The fourth-order valence-corrected chi connectivity index (χ4v) is 0.809. The van der Waals surface area contributed by atoms with Crippen LogP contribution in [-0.4, -0.2) is 18.4 Å². The van der Waals surface area contributed by atoms with E-state index in [1.807, 2.05) is 6.92 Å². The Morgan fingerprint density at radius 3 is 2.33 bits per heavy atom. The van der Waals surface area contributed by atoms with E-state index in [0.29, 0.717) is 6.61 Å². The van der Waals surface area contributed by atoms with Gasteiger partial charge in [-0.3, -0.25) is 9.59 Å². The first-order chi connectivity index (χ1) is 5.54. The third-order valence-corrected chi connectivity index (χ3v) is 1.78. The van der Waals surface area contributed by atoms with Gasteiger partial charge in [-0.05, 0) is 19.8 Å². The first kappa shape index (κ1) is 11.1. The molecule has 0 aromatic carbocycles. The molecule has 0 amide bonds. The van der Waals surface area contributed by atoms with Crippen LogP contribution in [0.25, 0.3) is 0 Å². The summed E-state index contributed by atoms with van der Waals surface area (Å²) < 4.78 is 4.72. The lowest BCUT2D eigenvalue weighted by Crippen LogP contribution is -2.08. The zero-order chi connectivity index (χ0) is 9.56. The van der Waals surface area contributed by atoms with E-state index in [9.17, 15) is 9.59 Å². The Balaban J connectivity index is 3.31. The molecule has 0 spiro atoms.